The van der Waals surface area contributed by atoms with Crippen LogP contribution in [-0.2, 0) is 0 Å². The Bertz CT molecular complexity index is 407. The summed E-state index contributed by atoms with van der Waals surface area (Å²) in [4.78, 5) is 4.61. The molecule has 2 unspecified atom stereocenters. The van der Waals surface area contributed by atoms with Crippen molar-refractivity contribution in [2.45, 2.75) is 13.3 Å². The highest BCUT2D eigenvalue weighted by Gasteiger charge is 2.56. The smallest absolute Gasteiger partial charge is 0.0458 e. The zero-order chi connectivity index (χ0) is 9.76. The molecule has 2 aliphatic rings. The van der Waals surface area contributed by atoms with Crippen LogP contribution in [0.1, 0.15) is 18.9 Å². The molecule has 1 aromatic carbocycles. The highest BCUT2D eigenvalue weighted by atomic mass is 35.5. The topological polar surface area (TPSA) is 12.4 Å². The zero-order valence-corrected chi connectivity index (χ0v) is 8.88. The fourth-order valence-electron chi connectivity index (χ4n) is 2.30. The Balaban J connectivity index is 1.94. The molecule has 0 radical (unpaired) electrons. The Kier molecular flexibility index (Phi) is 1.58. The molecule has 2 atom stereocenters. The molecular weight excluding hydrogens is 194 g/mol. The van der Waals surface area contributed by atoms with Gasteiger partial charge in [0.2, 0.25) is 0 Å². The third-order valence-electron chi connectivity index (χ3n) is 3.43. The summed E-state index contributed by atoms with van der Waals surface area (Å²) < 4.78 is 0. The van der Waals surface area contributed by atoms with Crippen LogP contribution in [0, 0.1) is 11.3 Å². The maximum Gasteiger partial charge on any atom is 0.0458 e. The molecule has 0 N–H and O–H groups in total. The van der Waals surface area contributed by atoms with Crippen LogP contribution < -0.4 is 0 Å². The molecule has 0 saturated heterocycles. The number of aliphatic imine (C=N–C) groups is 1. The number of nitrogens with zero attached hydrogens (tertiary/aromatic N) is 1. The summed E-state index contributed by atoms with van der Waals surface area (Å²) in [7, 11) is 0. The second-order valence-corrected chi connectivity index (χ2v) is 5.06. The van der Waals surface area contributed by atoms with Gasteiger partial charge in [-0.15, -0.1) is 0 Å². The Morgan fingerprint density at radius 2 is 2.07 bits per heavy atom. The summed E-state index contributed by atoms with van der Waals surface area (Å²) in [5, 5.41) is 0.797. The van der Waals surface area contributed by atoms with Gasteiger partial charge in [-0.3, -0.25) is 4.99 Å². The van der Waals surface area contributed by atoms with Crippen molar-refractivity contribution in [1.29, 1.82) is 0 Å². The normalized spacial score (nSPS) is 33.9. The molecule has 1 aromatic rings. The van der Waals surface area contributed by atoms with Gasteiger partial charge in [-0.05, 0) is 29.5 Å². The van der Waals surface area contributed by atoms with Gasteiger partial charge in [0.05, 0.1) is 0 Å². The molecule has 1 heterocycles. The minimum atomic E-state index is 0.495. The van der Waals surface area contributed by atoms with Crippen molar-refractivity contribution in [3.63, 3.8) is 0 Å². The van der Waals surface area contributed by atoms with Gasteiger partial charge in [-0.25, -0.2) is 0 Å². The summed E-state index contributed by atoms with van der Waals surface area (Å²) >= 11 is 5.85. The standard InChI is InChI=1S/C12H12ClN/c1-12-6-10(12)11(14-7-12)8-2-4-9(13)5-3-8/h2-5,10H,6-7H2,1H3. The van der Waals surface area contributed by atoms with E-state index in [9.17, 15) is 0 Å². The molecule has 72 valence electrons. The zero-order valence-electron chi connectivity index (χ0n) is 8.13. The van der Waals surface area contributed by atoms with Gasteiger partial charge < -0.3 is 0 Å². The van der Waals surface area contributed by atoms with Crippen molar-refractivity contribution in [1.82, 2.24) is 0 Å². The Morgan fingerprint density at radius 1 is 1.36 bits per heavy atom. The average Bonchev–Trinajstić information content (AvgIpc) is 2.73. The van der Waals surface area contributed by atoms with Crippen LogP contribution in [0.2, 0.25) is 5.02 Å². The summed E-state index contributed by atoms with van der Waals surface area (Å²) in [5.74, 6) is 0.712. The predicted octanol–water partition coefficient (Wildman–Crippen LogP) is 3.17. The van der Waals surface area contributed by atoms with Crippen molar-refractivity contribution >= 4 is 17.3 Å². The quantitative estimate of drug-likeness (QED) is 0.668. The van der Waals surface area contributed by atoms with E-state index in [1.165, 1.54) is 17.7 Å². The van der Waals surface area contributed by atoms with Gasteiger partial charge in [-0.2, -0.15) is 0 Å². The first-order chi connectivity index (χ1) is 6.69. The maximum absolute atomic E-state index is 5.85. The number of fused-ring (bicyclic) bond motifs is 1. The number of hydrogen-bond acceptors (Lipinski definition) is 1. The highest BCUT2D eigenvalue weighted by Crippen LogP contribution is 2.57. The lowest BCUT2D eigenvalue weighted by Crippen LogP contribution is -2.02. The van der Waals surface area contributed by atoms with Crippen LogP contribution in [0.15, 0.2) is 29.3 Å². The van der Waals surface area contributed by atoms with Crippen LogP contribution in [-0.4, -0.2) is 12.3 Å². The summed E-state index contributed by atoms with van der Waals surface area (Å²) in [6.45, 7) is 3.33. The first-order valence-corrected chi connectivity index (χ1v) is 5.37. The molecule has 1 nitrogen and oxygen atoms in total. The second-order valence-electron chi connectivity index (χ2n) is 4.62. The van der Waals surface area contributed by atoms with E-state index in [4.69, 9.17) is 11.6 Å². The first kappa shape index (κ1) is 8.49. The molecule has 0 amide bonds. The number of halogens is 1. The lowest BCUT2D eigenvalue weighted by Gasteiger charge is -2.01. The summed E-state index contributed by atoms with van der Waals surface area (Å²) in [6, 6.07) is 8.03. The molecule has 3 rings (SSSR count). The van der Waals surface area contributed by atoms with Crippen LogP contribution in [0.4, 0.5) is 0 Å². The number of benzene rings is 1. The predicted molar refractivity (Wildman–Crippen MR) is 59.1 cm³/mol. The minimum Gasteiger partial charge on any atom is -0.288 e. The Morgan fingerprint density at radius 3 is 2.57 bits per heavy atom. The van der Waals surface area contributed by atoms with E-state index >= 15 is 0 Å². The van der Waals surface area contributed by atoms with E-state index in [1.54, 1.807) is 0 Å². The molecule has 1 saturated carbocycles. The maximum atomic E-state index is 5.85. The van der Waals surface area contributed by atoms with Crippen LogP contribution in [0.3, 0.4) is 0 Å². The van der Waals surface area contributed by atoms with Gasteiger partial charge >= 0.3 is 0 Å². The van der Waals surface area contributed by atoms with Gasteiger partial charge in [-0.1, -0.05) is 30.7 Å². The van der Waals surface area contributed by atoms with Gasteiger partial charge in [0.1, 0.15) is 0 Å². The van der Waals surface area contributed by atoms with E-state index in [-0.39, 0.29) is 0 Å². The Hall–Kier alpha value is -0.820. The molecule has 0 aromatic heterocycles. The van der Waals surface area contributed by atoms with Crippen LogP contribution >= 0.6 is 11.6 Å². The van der Waals surface area contributed by atoms with Crippen molar-refractivity contribution in [3.05, 3.63) is 34.9 Å². The monoisotopic (exact) mass is 205 g/mol. The molecule has 2 heteroatoms. The highest BCUT2D eigenvalue weighted by molar-refractivity contribution is 6.30. The van der Waals surface area contributed by atoms with Gasteiger partial charge in [0.15, 0.2) is 0 Å². The summed E-state index contributed by atoms with van der Waals surface area (Å²) in [6.07, 6.45) is 1.31. The van der Waals surface area contributed by atoms with Gasteiger partial charge in [0, 0.05) is 23.2 Å². The summed E-state index contributed by atoms with van der Waals surface area (Å²) in [5.41, 5.74) is 3.04. The molecule has 0 bridgehead atoms. The van der Waals surface area contributed by atoms with E-state index < -0.39 is 0 Å². The van der Waals surface area contributed by atoms with E-state index in [2.05, 4.69) is 24.0 Å². The molecule has 1 fully saturated rings. The molecular formula is C12H12ClN. The second kappa shape index (κ2) is 2.60. The fourth-order valence-corrected chi connectivity index (χ4v) is 2.42. The van der Waals surface area contributed by atoms with Crippen LogP contribution in [0.25, 0.3) is 0 Å². The lowest BCUT2D eigenvalue weighted by atomic mass is 10.0. The van der Waals surface area contributed by atoms with Crippen molar-refractivity contribution < 1.29 is 0 Å². The SMILES string of the molecule is CC12CN=C(c3ccc(Cl)cc3)C1C2. The third-order valence-corrected chi connectivity index (χ3v) is 3.68. The van der Waals surface area contributed by atoms with Crippen molar-refractivity contribution in [2.24, 2.45) is 16.3 Å². The molecule has 14 heavy (non-hydrogen) atoms. The molecule has 0 spiro atoms. The van der Waals surface area contributed by atoms with E-state index in [0.29, 0.717) is 11.3 Å². The van der Waals surface area contributed by atoms with Crippen molar-refractivity contribution in [3.8, 4) is 0 Å². The average molecular weight is 206 g/mol. The van der Waals surface area contributed by atoms with Gasteiger partial charge in [0.25, 0.3) is 0 Å². The lowest BCUT2D eigenvalue weighted by molar-refractivity contribution is 0.592. The van der Waals surface area contributed by atoms with Crippen molar-refractivity contribution in [2.75, 3.05) is 6.54 Å². The van der Waals surface area contributed by atoms with E-state index in [0.717, 1.165) is 11.6 Å². The largest absolute Gasteiger partial charge is 0.288 e. The number of rotatable bonds is 1. The minimum absolute atomic E-state index is 0.495. The van der Waals surface area contributed by atoms with Crippen LogP contribution in [0.5, 0.6) is 0 Å². The number of hydrogen-bond donors (Lipinski definition) is 0. The van der Waals surface area contributed by atoms with E-state index in [1.807, 2.05) is 12.1 Å². The third kappa shape index (κ3) is 1.12. The first-order valence-electron chi connectivity index (χ1n) is 4.99. The Labute approximate surface area is 88.8 Å². The fraction of sp³-hybridized carbons (Fsp3) is 0.417. The molecule has 1 aliphatic carbocycles. The molecule has 1 aliphatic heterocycles.